The van der Waals surface area contributed by atoms with Crippen LogP contribution < -0.4 is 5.56 Å². The van der Waals surface area contributed by atoms with E-state index < -0.39 is 0 Å². The van der Waals surface area contributed by atoms with Crippen LogP contribution in [0.15, 0.2) is 70.1 Å². The molecule has 0 amide bonds. The third-order valence-electron chi connectivity index (χ3n) is 4.50. The van der Waals surface area contributed by atoms with Crippen molar-refractivity contribution < 1.29 is 0 Å². The number of hydrogen-bond donors (Lipinski definition) is 1. The lowest BCUT2D eigenvalue weighted by Gasteiger charge is -2.09. The van der Waals surface area contributed by atoms with Crippen molar-refractivity contribution in [1.29, 1.82) is 0 Å². The quantitative estimate of drug-likeness (QED) is 0.444. The van der Waals surface area contributed by atoms with E-state index in [0.29, 0.717) is 11.2 Å². The normalized spacial score (nSPS) is 12.6. The Bertz CT molecular complexity index is 1340. The zero-order valence-electron chi connectivity index (χ0n) is 14.9. The number of fused-ring (bicyclic) bond motifs is 2. The Morgan fingerprint density at radius 2 is 1.93 bits per heavy atom. The van der Waals surface area contributed by atoms with Gasteiger partial charge in [-0.3, -0.25) is 9.20 Å². The molecule has 4 aromatic heterocycles. The molecule has 5 aromatic rings. The van der Waals surface area contributed by atoms with E-state index in [4.69, 9.17) is 4.98 Å². The van der Waals surface area contributed by atoms with Crippen LogP contribution in [0, 0.1) is 0 Å². The molecule has 0 saturated heterocycles. The summed E-state index contributed by atoms with van der Waals surface area (Å²) >= 11 is 3.01. The fraction of sp³-hybridized carbons (Fsp3) is 0.100. The topological polar surface area (TPSA) is 75.9 Å². The van der Waals surface area contributed by atoms with Crippen LogP contribution in [0.5, 0.6) is 0 Å². The zero-order valence-corrected chi connectivity index (χ0v) is 16.5. The maximum Gasteiger partial charge on any atom is 0.260 e. The molecule has 5 rings (SSSR count). The van der Waals surface area contributed by atoms with Crippen molar-refractivity contribution in [3.05, 3.63) is 76.3 Å². The smallest absolute Gasteiger partial charge is 0.260 e. The number of nitrogens with one attached hydrogen (secondary N) is 1. The summed E-state index contributed by atoms with van der Waals surface area (Å²) in [5.74, 6) is 0.636. The number of aromatic nitrogens is 5. The number of benzene rings is 1. The minimum absolute atomic E-state index is 0.0769. The Kier molecular flexibility index (Phi) is 4.22. The van der Waals surface area contributed by atoms with Crippen molar-refractivity contribution in [3.8, 4) is 11.1 Å². The van der Waals surface area contributed by atoms with Gasteiger partial charge in [-0.1, -0.05) is 48.2 Å². The molecule has 4 heterocycles. The van der Waals surface area contributed by atoms with Gasteiger partial charge in [-0.15, -0.1) is 21.5 Å². The maximum atomic E-state index is 12.8. The Morgan fingerprint density at radius 1 is 1.11 bits per heavy atom. The van der Waals surface area contributed by atoms with Crippen molar-refractivity contribution in [1.82, 2.24) is 24.6 Å². The van der Waals surface area contributed by atoms with E-state index in [1.165, 1.54) is 23.1 Å². The van der Waals surface area contributed by atoms with Crippen molar-refractivity contribution in [2.45, 2.75) is 17.3 Å². The molecule has 8 heteroatoms. The SMILES string of the molecule is CC(Sc1nnc2ccccn12)c1nc2scc(-c3ccccc3)c2c(=O)[nH]1. The lowest BCUT2D eigenvalue weighted by atomic mass is 10.1. The lowest BCUT2D eigenvalue weighted by Crippen LogP contribution is -2.12. The number of thioether (sulfide) groups is 1. The molecular formula is C20H15N5OS2. The molecule has 0 saturated carbocycles. The standard InChI is InChI=1S/C20H15N5OS2/c1-12(28-20-24-23-15-9-5-6-10-25(15)20)17-21-18(26)16-14(11-27-19(16)22-17)13-7-3-2-4-8-13/h2-12H,1H3,(H,21,22,26). The predicted octanol–water partition coefficient (Wildman–Crippen LogP) is 4.55. The van der Waals surface area contributed by atoms with E-state index in [-0.39, 0.29) is 10.8 Å². The van der Waals surface area contributed by atoms with E-state index in [1.54, 1.807) is 0 Å². The van der Waals surface area contributed by atoms with Crippen LogP contribution in [0.25, 0.3) is 27.0 Å². The number of pyridine rings is 1. The molecule has 1 N–H and O–H groups in total. The number of rotatable bonds is 4. The molecular weight excluding hydrogens is 390 g/mol. The van der Waals surface area contributed by atoms with Gasteiger partial charge in [-0.05, 0) is 24.6 Å². The highest BCUT2D eigenvalue weighted by Crippen LogP contribution is 2.34. The van der Waals surface area contributed by atoms with Gasteiger partial charge in [0.25, 0.3) is 5.56 Å². The van der Waals surface area contributed by atoms with Crippen molar-refractivity contribution in [2.24, 2.45) is 0 Å². The molecule has 6 nitrogen and oxygen atoms in total. The second-order valence-electron chi connectivity index (χ2n) is 6.32. The Hall–Kier alpha value is -2.97. The van der Waals surface area contributed by atoms with Gasteiger partial charge in [0.1, 0.15) is 10.7 Å². The Balaban J connectivity index is 1.52. The number of thiophene rings is 1. The maximum absolute atomic E-state index is 12.8. The van der Waals surface area contributed by atoms with E-state index >= 15 is 0 Å². The van der Waals surface area contributed by atoms with Crippen LogP contribution in [-0.4, -0.2) is 24.6 Å². The van der Waals surface area contributed by atoms with Gasteiger partial charge in [0, 0.05) is 17.1 Å². The molecule has 28 heavy (non-hydrogen) atoms. The molecule has 0 spiro atoms. The third kappa shape index (κ3) is 2.90. The number of aromatic amines is 1. The van der Waals surface area contributed by atoms with Gasteiger partial charge in [0.2, 0.25) is 0 Å². The van der Waals surface area contributed by atoms with E-state index in [1.807, 2.05) is 71.4 Å². The molecule has 0 fully saturated rings. The number of hydrogen-bond acceptors (Lipinski definition) is 6. The first-order valence-corrected chi connectivity index (χ1v) is 10.5. The summed E-state index contributed by atoms with van der Waals surface area (Å²) in [5, 5.41) is 11.7. The molecule has 0 bridgehead atoms. The van der Waals surface area contributed by atoms with Crippen LogP contribution in [-0.2, 0) is 0 Å². The summed E-state index contributed by atoms with van der Waals surface area (Å²) in [6.45, 7) is 2.00. The van der Waals surface area contributed by atoms with Gasteiger partial charge in [0.15, 0.2) is 10.8 Å². The summed E-state index contributed by atoms with van der Waals surface area (Å²) in [4.78, 5) is 21.3. The number of H-pyrrole nitrogens is 1. The minimum Gasteiger partial charge on any atom is -0.309 e. The average Bonchev–Trinajstić information content (AvgIpc) is 3.33. The van der Waals surface area contributed by atoms with Crippen LogP contribution >= 0.6 is 23.1 Å². The average molecular weight is 406 g/mol. The summed E-state index contributed by atoms with van der Waals surface area (Å²) in [6.07, 6.45) is 1.93. The molecule has 0 aliphatic rings. The van der Waals surface area contributed by atoms with E-state index in [0.717, 1.165) is 26.8 Å². The molecule has 0 aliphatic heterocycles. The van der Waals surface area contributed by atoms with Gasteiger partial charge in [0.05, 0.1) is 10.6 Å². The monoisotopic (exact) mass is 405 g/mol. The van der Waals surface area contributed by atoms with Gasteiger partial charge in [-0.2, -0.15) is 0 Å². The van der Waals surface area contributed by atoms with Crippen molar-refractivity contribution in [3.63, 3.8) is 0 Å². The number of nitrogens with zero attached hydrogens (tertiary/aromatic N) is 4. The lowest BCUT2D eigenvalue weighted by molar-refractivity contribution is 0.885. The van der Waals surface area contributed by atoms with Crippen LogP contribution in [0.4, 0.5) is 0 Å². The van der Waals surface area contributed by atoms with Crippen molar-refractivity contribution >= 4 is 39.0 Å². The zero-order chi connectivity index (χ0) is 19.1. The molecule has 1 aromatic carbocycles. The van der Waals surface area contributed by atoms with Crippen LogP contribution in [0.3, 0.4) is 0 Å². The molecule has 1 unspecified atom stereocenters. The van der Waals surface area contributed by atoms with Crippen molar-refractivity contribution in [2.75, 3.05) is 0 Å². The van der Waals surface area contributed by atoms with Gasteiger partial charge < -0.3 is 4.98 Å². The van der Waals surface area contributed by atoms with Gasteiger partial charge in [-0.25, -0.2) is 4.98 Å². The Morgan fingerprint density at radius 3 is 2.79 bits per heavy atom. The third-order valence-corrected chi connectivity index (χ3v) is 6.43. The second kappa shape index (κ2) is 6.88. The second-order valence-corrected chi connectivity index (χ2v) is 8.48. The molecule has 1 atom stereocenters. The highest BCUT2D eigenvalue weighted by atomic mass is 32.2. The van der Waals surface area contributed by atoms with Gasteiger partial charge >= 0.3 is 0 Å². The van der Waals surface area contributed by atoms with E-state index in [2.05, 4.69) is 15.2 Å². The first kappa shape index (κ1) is 17.2. The summed E-state index contributed by atoms with van der Waals surface area (Å²) in [7, 11) is 0. The predicted molar refractivity (Wildman–Crippen MR) is 113 cm³/mol. The highest BCUT2D eigenvalue weighted by molar-refractivity contribution is 7.99. The fourth-order valence-electron chi connectivity index (χ4n) is 3.10. The summed E-state index contributed by atoms with van der Waals surface area (Å²) < 4.78 is 1.93. The summed E-state index contributed by atoms with van der Waals surface area (Å²) in [5.41, 5.74) is 2.62. The molecule has 0 aliphatic carbocycles. The minimum atomic E-state index is -0.112. The first-order chi connectivity index (χ1) is 13.7. The Labute approximate surface area is 168 Å². The summed E-state index contributed by atoms with van der Waals surface area (Å²) in [6, 6.07) is 15.7. The molecule has 138 valence electrons. The fourth-order valence-corrected chi connectivity index (χ4v) is 4.95. The van der Waals surface area contributed by atoms with Crippen LogP contribution in [0.2, 0.25) is 0 Å². The van der Waals surface area contributed by atoms with E-state index in [9.17, 15) is 4.79 Å². The highest BCUT2D eigenvalue weighted by Gasteiger charge is 2.18. The van der Waals surface area contributed by atoms with Crippen LogP contribution in [0.1, 0.15) is 18.0 Å². The first-order valence-electron chi connectivity index (χ1n) is 8.74. The molecule has 0 radical (unpaired) electrons. The largest absolute Gasteiger partial charge is 0.309 e.